The number of hydrogen-bond donors (Lipinski definition) is 2. The highest BCUT2D eigenvalue weighted by Crippen LogP contribution is 2.41. The summed E-state index contributed by atoms with van der Waals surface area (Å²) in [5, 5.41) is 0. The van der Waals surface area contributed by atoms with Crippen LogP contribution in [0.25, 0.3) is 33.7 Å². The highest BCUT2D eigenvalue weighted by molar-refractivity contribution is 5.90. The molecule has 0 radical (unpaired) electrons. The van der Waals surface area contributed by atoms with Gasteiger partial charge in [0.05, 0.1) is 16.8 Å². The number of benzene rings is 1. The van der Waals surface area contributed by atoms with Crippen molar-refractivity contribution in [3.63, 3.8) is 0 Å². The van der Waals surface area contributed by atoms with Gasteiger partial charge in [0.1, 0.15) is 11.6 Å². The number of H-pyrrole nitrogens is 1. The van der Waals surface area contributed by atoms with Gasteiger partial charge in [-0.05, 0) is 48.9 Å². The lowest BCUT2D eigenvalue weighted by Gasteiger charge is -2.42. The molecular weight excluding hydrogens is 367 g/mol. The second-order valence-corrected chi connectivity index (χ2v) is 7.57. The first kappa shape index (κ1) is 17.8. The summed E-state index contributed by atoms with van der Waals surface area (Å²) >= 11 is 0. The molecule has 5 rings (SSSR count). The van der Waals surface area contributed by atoms with Gasteiger partial charge in [-0.25, -0.2) is 14.4 Å². The van der Waals surface area contributed by atoms with Crippen LogP contribution in [-0.2, 0) is 0 Å². The molecule has 3 aromatic heterocycles. The zero-order chi connectivity index (χ0) is 20.0. The van der Waals surface area contributed by atoms with Crippen molar-refractivity contribution in [1.82, 2.24) is 19.9 Å². The van der Waals surface area contributed by atoms with Gasteiger partial charge < -0.3 is 15.6 Å². The molecule has 4 heterocycles. The van der Waals surface area contributed by atoms with Crippen molar-refractivity contribution in [2.75, 3.05) is 24.5 Å². The number of aromatic amines is 1. The molecule has 0 atom stereocenters. The van der Waals surface area contributed by atoms with Gasteiger partial charge in [0.2, 0.25) is 0 Å². The normalized spacial score (nSPS) is 14.4. The molecule has 0 bridgehead atoms. The second-order valence-electron chi connectivity index (χ2n) is 7.57. The number of hydrogen-bond acceptors (Lipinski definition) is 5. The molecule has 1 aromatic carbocycles. The van der Waals surface area contributed by atoms with Crippen LogP contribution in [0.15, 0.2) is 48.9 Å². The van der Waals surface area contributed by atoms with Crippen molar-refractivity contribution in [2.45, 2.75) is 6.92 Å². The fourth-order valence-electron chi connectivity index (χ4n) is 3.94. The van der Waals surface area contributed by atoms with Crippen LogP contribution in [0.1, 0.15) is 5.56 Å². The lowest BCUT2D eigenvalue weighted by Crippen LogP contribution is -2.50. The summed E-state index contributed by atoms with van der Waals surface area (Å²) in [6.45, 7) is 4.25. The van der Waals surface area contributed by atoms with Crippen molar-refractivity contribution in [3.8, 4) is 22.5 Å². The quantitative estimate of drug-likeness (QED) is 0.559. The van der Waals surface area contributed by atoms with E-state index in [1.54, 1.807) is 24.7 Å². The van der Waals surface area contributed by atoms with Crippen molar-refractivity contribution in [2.24, 2.45) is 11.7 Å². The number of aryl methyl sites for hydroxylation is 1. The lowest BCUT2D eigenvalue weighted by molar-refractivity contribution is 0.421. The van der Waals surface area contributed by atoms with Gasteiger partial charge in [-0.1, -0.05) is 6.07 Å². The fraction of sp³-hybridized carbons (Fsp3) is 0.227. The monoisotopic (exact) mass is 388 g/mol. The Kier molecular flexibility index (Phi) is 4.24. The van der Waals surface area contributed by atoms with E-state index in [1.165, 1.54) is 6.07 Å². The van der Waals surface area contributed by atoms with Gasteiger partial charge in [-0.3, -0.25) is 4.98 Å². The van der Waals surface area contributed by atoms with E-state index in [2.05, 4.69) is 24.8 Å². The Hall–Kier alpha value is -3.32. The van der Waals surface area contributed by atoms with Gasteiger partial charge in [-0.15, -0.1) is 0 Å². The van der Waals surface area contributed by atoms with Crippen LogP contribution in [0, 0.1) is 18.7 Å². The molecule has 1 fully saturated rings. The minimum Gasteiger partial charge on any atom is -0.370 e. The van der Waals surface area contributed by atoms with Gasteiger partial charge in [0.15, 0.2) is 5.65 Å². The van der Waals surface area contributed by atoms with Gasteiger partial charge in [0.25, 0.3) is 0 Å². The highest BCUT2D eigenvalue weighted by atomic mass is 19.1. The van der Waals surface area contributed by atoms with Crippen LogP contribution in [0.2, 0.25) is 0 Å². The Labute approximate surface area is 167 Å². The molecule has 1 saturated heterocycles. The number of rotatable bonds is 4. The predicted octanol–water partition coefficient (Wildman–Crippen LogP) is 3.53. The summed E-state index contributed by atoms with van der Waals surface area (Å²) in [5.41, 5.74) is 11.8. The van der Waals surface area contributed by atoms with Crippen LogP contribution >= 0.6 is 0 Å². The molecule has 29 heavy (non-hydrogen) atoms. The first-order valence-corrected chi connectivity index (χ1v) is 9.64. The zero-order valence-corrected chi connectivity index (χ0v) is 16.1. The van der Waals surface area contributed by atoms with Crippen molar-refractivity contribution >= 4 is 16.9 Å². The Bertz CT molecular complexity index is 1140. The molecule has 1 aliphatic rings. The molecule has 4 aromatic rings. The molecule has 0 amide bonds. The van der Waals surface area contributed by atoms with E-state index in [-0.39, 0.29) is 5.82 Å². The Morgan fingerprint density at radius 3 is 2.79 bits per heavy atom. The third-order valence-electron chi connectivity index (χ3n) is 5.39. The summed E-state index contributed by atoms with van der Waals surface area (Å²) in [6.07, 6.45) is 5.32. The second kappa shape index (κ2) is 6.93. The molecule has 6 nitrogen and oxygen atoms in total. The smallest absolute Gasteiger partial charge is 0.178 e. The summed E-state index contributed by atoms with van der Waals surface area (Å²) in [7, 11) is 0. The zero-order valence-electron chi connectivity index (χ0n) is 16.1. The Morgan fingerprint density at radius 2 is 2.03 bits per heavy atom. The van der Waals surface area contributed by atoms with Crippen LogP contribution < -0.4 is 10.6 Å². The first-order chi connectivity index (χ1) is 14.1. The van der Waals surface area contributed by atoms with E-state index in [0.717, 1.165) is 46.5 Å². The van der Waals surface area contributed by atoms with E-state index in [4.69, 9.17) is 5.73 Å². The van der Waals surface area contributed by atoms with E-state index >= 15 is 0 Å². The Morgan fingerprint density at radius 1 is 1.21 bits per heavy atom. The molecule has 0 spiro atoms. The van der Waals surface area contributed by atoms with E-state index in [1.807, 2.05) is 25.1 Å². The van der Waals surface area contributed by atoms with Gasteiger partial charge >= 0.3 is 0 Å². The van der Waals surface area contributed by atoms with Gasteiger partial charge in [0, 0.05) is 43.2 Å². The number of halogens is 1. The maximum absolute atomic E-state index is 14.1. The lowest BCUT2D eigenvalue weighted by atomic mass is 9.94. The van der Waals surface area contributed by atoms with Crippen LogP contribution in [0.5, 0.6) is 0 Å². The standard InChI is InChI=1S/C22H21FN6/c1-13-5-15(7-16(23)6-13)17-9-25-10-18(20(17)29-11-14(8-24)12-29)21-27-19-3-2-4-26-22(19)28-21/h2-7,9-10,14H,8,11-12,24H2,1H3,(H,26,27,28). The number of fused-ring (bicyclic) bond motifs is 1. The highest BCUT2D eigenvalue weighted by Gasteiger charge is 2.30. The molecule has 0 saturated carbocycles. The third kappa shape index (κ3) is 3.13. The SMILES string of the molecule is Cc1cc(F)cc(-c2cncc(-c3nc4ncccc4[nH]3)c2N2CC(CN)C2)c1. The van der Waals surface area contributed by atoms with Crippen LogP contribution in [-0.4, -0.2) is 39.6 Å². The predicted molar refractivity (Wildman–Crippen MR) is 112 cm³/mol. The molecule has 146 valence electrons. The van der Waals surface area contributed by atoms with E-state index in [0.29, 0.717) is 23.9 Å². The maximum atomic E-state index is 14.1. The minimum absolute atomic E-state index is 0.257. The van der Waals surface area contributed by atoms with Crippen molar-refractivity contribution in [1.29, 1.82) is 0 Å². The summed E-state index contributed by atoms with van der Waals surface area (Å²) in [6, 6.07) is 8.88. The van der Waals surface area contributed by atoms with Crippen molar-refractivity contribution in [3.05, 3.63) is 60.3 Å². The molecule has 0 aliphatic carbocycles. The molecule has 1 aliphatic heterocycles. The molecule has 7 heteroatoms. The van der Waals surface area contributed by atoms with Crippen LogP contribution in [0.4, 0.5) is 10.1 Å². The minimum atomic E-state index is -0.257. The average molecular weight is 388 g/mol. The summed E-state index contributed by atoms with van der Waals surface area (Å²) in [4.78, 5) is 19.0. The largest absolute Gasteiger partial charge is 0.370 e. The summed E-state index contributed by atoms with van der Waals surface area (Å²) in [5.74, 6) is 0.899. The Balaban J connectivity index is 1.70. The number of nitrogens with zero attached hydrogens (tertiary/aromatic N) is 4. The number of imidazole rings is 1. The number of anilines is 1. The molecule has 0 unspecified atom stereocenters. The molecular formula is C22H21FN6. The van der Waals surface area contributed by atoms with E-state index < -0.39 is 0 Å². The number of nitrogens with two attached hydrogens (primary N) is 1. The third-order valence-corrected chi connectivity index (χ3v) is 5.39. The number of nitrogens with one attached hydrogen (secondary N) is 1. The first-order valence-electron chi connectivity index (χ1n) is 9.64. The summed E-state index contributed by atoms with van der Waals surface area (Å²) < 4.78 is 14.1. The fourth-order valence-corrected chi connectivity index (χ4v) is 3.94. The van der Waals surface area contributed by atoms with Crippen molar-refractivity contribution < 1.29 is 4.39 Å². The van der Waals surface area contributed by atoms with Gasteiger partial charge in [-0.2, -0.15) is 0 Å². The van der Waals surface area contributed by atoms with Crippen LogP contribution in [0.3, 0.4) is 0 Å². The van der Waals surface area contributed by atoms with E-state index in [9.17, 15) is 4.39 Å². The molecule has 3 N–H and O–H groups in total. The average Bonchev–Trinajstić information content (AvgIpc) is 3.10. The topological polar surface area (TPSA) is 83.7 Å². The number of pyridine rings is 2. The maximum Gasteiger partial charge on any atom is 0.178 e. The number of aromatic nitrogens is 4.